The number of carbonyl (C=O) groups is 1. The van der Waals surface area contributed by atoms with Crippen LogP contribution in [0.15, 0.2) is 24.3 Å². The van der Waals surface area contributed by atoms with Crippen LogP contribution in [0.1, 0.15) is 22.3 Å². The minimum Gasteiger partial charge on any atom is -0.390 e. The first-order chi connectivity index (χ1) is 8.22. The SMILES string of the molecule is NCC(O)CN1CCCc2ccccc2C1=O. The van der Waals surface area contributed by atoms with Crippen molar-refractivity contribution in [2.24, 2.45) is 5.73 Å². The first-order valence-corrected chi connectivity index (χ1v) is 5.97. The molecule has 1 aliphatic heterocycles. The predicted octanol–water partition coefficient (Wildman–Crippen LogP) is 0.395. The number of rotatable bonds is 3. The molecule has 0 bridgehead atoms. The smallest absolute Gasteiger partial charge is 0.254 e. The third kappa shape index (κ3) is 2.65. The number of benzene rings is 1. The molecule has 0 fully saturated rings. The predicted molar refractivity (Wildman–Crippen MR) is 65.7 cm³/mol. The molecule has 1 unspecified atom stereocenters. The van der Waals surface area contributed by atoms with Crippen LogP contribution >= 0.6 is 0 Å². The van der Waals surface area contributed by atoms with E-state index < -0.39 is 6.10 Å². The first kappa shape index (κ1) is 12.1. The summed E-state index contributed by atoms with van der Waals surface area (Å²) in [5, 5.41) is 9.55. The Morgan fingerprint density at radius 1 is 1.41 bits per heavy atom. The molecule has 92 valence electrons. The van der Waals surface area contributed by atoms with E-state index in [0.717, 1.165) is 24.0 Å². The van der Waals surface area contributed by atoms with E-state index in [4.69, 9.17) is 5.73 Å². The topological polar surface area (TPSA) is 66.6 Å². The van der Waals surface area contributed by atoms with Crippen molar-refractivity contribution < 1.29 is 9.90 Å². The number of amides is 1. The monoisotopic (exact) mass is 234 g/mol. The Bertz CT molecular complexity index is 406. The fourth-order valence-corrected chi connectivity index (χ4v) is 2.18. The molecule has 3 N–H and O–H groups in total. The van der Waals surface area contributed by atoms with E-state index in [1.54, 1.807) is 4.90 Å². The Kier molecular flexibility index (Phi) is 3.76. The summed E-state index contributed by atoms with van der Waals surface area (Å²) in [7, 11) is 0. The molecule has 4 nitrogen and oxygen atoms in total. The van der Waals surface area contributed by atoms with Gasteiger partial charge >= 0.3 is 0 Å². The third-order valence-electron chi connectivity index (χ3n) is 3.11. The maximum atomic E-state index is 12.3. The van der Waals surface area contributed by atoms with Crippen LogP contribution in [0.2, 0.25) is 0 Å². The van der Waals surface area contributed by atoms with Gasteiger partial charge in [-0.1, -0.05) is 18.2 Å². The van der Waals surface area contributed by atoms with Gasteiger partial charge in [-0.05, 0) is 24.5 Å². The molecule has 1 aromatic rings. The van der Waals surface area contributed by atoms with E-state index in [2.05, 4.69) is 0 Å². The van der Waals surface area contributed by atoms with E-state index in [0.29, 0.717) is 13.1 Å². The van der Waals surface area contributed by atoms with Crippen LogP contribution in [0, 0.1) is 0 Å². The van der Waals surface area contributed by atoms with Crippen molar-refractivity contribution in [3.8, 4) is 0 Å². The fourth-order valence-electron chi connectivity index (χ4n) is 2.18. The van der Waals surface area contributed by atoms with Gasteiger partial charge in [0, 0.05) is 25.2 Å². The van der Waals surface area contributed by atoms with E-state index in [-0.39, 0.29) is 12.5 Å². The van der Waals surface area contributed by atoms with E-state index in [1.807, 2.05) is 24.3 Å². The number of aliphatic hydroxyl groups excluding tert-OH is 1. The number of aliphatic hydroxyl groups is 1. The molecule has 17 heavy (non-hydrogen) atoms. The molecule has 1 amide bonds. The Balaban J connectivity index is 2.20. The third-order valence-corrected chi connectivity index (χ3v) is 3.11. The van der Waals surface area contributed by atoms with Crippen LogP contribution in [0.25, 0.3) is 0 Å². The summed E-state index contributed by atoms with van der Waals surface area (Å²) in [4.78, 5) is 14.0. The molecular formula is C13H18N2O2. The molecule has 0 aliphatic carbocycles. The lowest BCUT2D eigenvalue weighted by Gasteiger charge is -2.23. The summed E-state index contributed by atoms with van der Waals surface area (Å²) in [5.74, 6) is 0.00519. The van der Waals surface area contributed by atoms with Crippen LogP contribution in [-0.4, -0.2) is 41.7 Å². The molecule has 0 aromatic heterocycles. The van der Waals surface area contributed by atoms with Crippen molar-refractivity contribution in [1.82, 2.24) is 4.90 Å². The average molecular weight is 234 g/mol. The summed E-state index contributed by atoms with van der Waals surface area (Å²) in [6.07, 6.45) is 1.21. The highest BCUT2D eigenvalue weighted by molar-refractivity contribution is 5.96. The number of carbonyl (C=O) groups excluding carboxylic acids is 1. The van der Waals surface area contributed by atoms with E-state index in [9.17, 15) is 9.90 Å². The molecule has 0 radical (unpaired) electrons. The second-order valence-corrected chi connectivity index (χ2v) is 4.40. The Labute approximate surface area is 101 Å². The largest absolute Gasteiger partial charge is 0.390 e. The van der Waals surface area contributed by atoms with Crippen LogP contribution in [0.5, 0.6) is 0 Å². The molecule has 4 heteroatoms. The lowest BCUT2D eigenvalue weighted by Crippen LogP contribution is -2.40. The molecule has 0 saturated carbocycles. The maximum absolute atomic E-state index is 12.3. The molecule has 1 atom stereocenters. The highest BCUT2D eigenvalue weighted by atomic mass is 16.3. The van der Waals surface area contributed by atoms with Gasteiger partial charge in [0.15, 0.2) is 0 Å². The Morgan fingerprint density at radius 3 is 2.94 bits per heavy atom. The minimum atomic E-state index is -0.635. The van der Waals surface area contributed by atoms with Crippen molar-refractivity contribution in [3.05, 3.63) is 35.4 Å². The summed E-state index contributed by atoms with van der Waals surface area (Å²) in [5.41, 5.74) is 7.24. The highest BCUT2D eigenvalue weighted by Gasteiger charge is 2.23. The van der Waals surface area contributed by atoms with Crippen LogP contribution in [0.4, 0.5) is 0 Å². The number of hydrogen-bond donors (Lipinski definition) is 2. The standard InChI is InChI=1S/C13H18N2O2/c14-8-11(16)9-15-7-3-5-10-4-1-2-6-12(10)13(15)17/h1-2,4,6,11,16H,3,5,7-9,14H2. The highest BCUT2D eigenvalue weighted by Crippen LogP contribution is 2.18. The fraction of sp³-hybridized carbons (Fsp3) is 0.462. The molecule has 2 rings (SSSR count). The number of fused-ring (bicyclic) bond motifs is 1. The number of hydrogen-bond acceptors (Lipinski definition) is 3. The summed E-state index contributed by atoms with van der Waals surface area (Å²) in [6.45, 7) is 1.19. The van der Waals surface area contributed by atoms with Crippen molar-refractivity contribution in [2.75, 3.05) is 19.6 Å². The van der Waals surface area contributed by atoms with Gasteiger partial charge in [0.05, 0.1) is 6.10 Å². The van der Waals surface area contributed by atoms with Gasteiger partial charge in [-0.25, -0.2) is 0 Å². The van der Waals surface area contributed by atoms with Crippen molar-refractivity contribution in [3.63, 3.8) is 0 Å². The zero-order valence-corrected chi connectivity index (χ0v) is 9.80. The average Bonchev–Trinajstić information content (AvgIpc) is 2.51. The van der Waals surface area contributed by atoms with Crippen LogP contribution in [-0.2, 0) is 6.42 Å². The lowest BCUT2D eigenvalue weighted by molar-refractivity contribution is 0.0641. The quantitative estimate of drug-likeness (QED) is 0.795. The molecule has 1 aromatic carbocycles. The number of β-amino-alcohol motifs (C(OH)–C–C–N with tert-alkyl or cyclic N) is 1. The van der Waals surface area contributed by atoms with Gasteiger partial charge in [-0.2, -0.15) is 0 Å². The van der Waals surface area contributed by atoms with Crippen molar-refractivity contribution in [1.29, 1.82) is 0 Å². The van der Waals surface area contributed by atoms with E-state index in [1.165, 1.54) is 0 Å². The zero-order chi connectivity index (χ0) is 12.3. The summed E-state index contributed by atoms with van der Waals surface area (Å²) >= 11 is 0. The van der Waals surface area contributed by atoms with Gasteiger partial charge < -0.3 is 15.7 Å². The normalized spacial score (nSPS) is 17.5. The number of nitrogens with zero attached hydrogens (tertiary/aromatic N) is 1. The second-order valence-electron chi connectivity index (χ2n) is 4.40. The van der Waals surface area contributed by atoms with Crippen molar-refractivity contribution >= 4 is 5.91 Å². The number of aryl methyl sites for hydroxylation is 1. The van der Waals surface area contributed by atoms with Gasteiger partial charge in [0.2, 0.25) is 0 Å². The van der Waals surface area contributed by atoms with Crippen molar-refractivity contribution in [2.45, 2.75) is 18.9 Å². The first-order valence-electron chi connectivity index (χ1n) is 5.97. The Hall–Kier alpha value is -1.39. The summed E-state index contributed by atoms with van der Waals surface area (Å²) < 4.78 is 0. The second kappa shape index (κ2) is 5.29. The summed E-state index contributed by atoms with van der Waals surface area (Å²) in [6, 6.07) is 7.68. The van der Waals surface area contributed by atoms with E-state index >= 15 is 0 Å². The van der Waals surface area contributed by atoms with Gasteiger partial charge in [-0.15, -0.1) is 0 Å². The molecule has 1 heterocycles. The van der Waals surface area contributed by atoms with Gasteiger partial charge in [0.1, 0.15) is 0 Å². The van der Waals surface area contributed by atoms with Crippen LogP contribution < -0.4 is 5.73 Å². The Morgan fingerprint density at radius 2 is 2.18 bits per heavy atom. The molecule has 0 saturated heterocycles. The van der Waals surface area contributed by atoms with Gasteiger partial charge in [0.25, 0.3) is 5.91 Å². The lowest BCUT2D eigenvalue weighted by atomic mass is 10.0. The minimum absolute atomic E-state index is 0.00519. The van der Waals surface area contributed by atoms with Crippen LogP contribution in [0.3, 0.4) is 0 Å². The number of nitrogens with two attached hydrogens (primary N) is 1. The maximum Gasteiger partial charge on any atom is 0.254 e. The molecule has 0 spiro atoms. The molecule has 1 aliphatic rings. The zero-order valence-electron chi connectivity index (χ0n) is 9.80. The molecular weight excluding hydrogens is 216 g/mol. The van der Waals surface area contributed by atoms with Gasteiger partial charge in [-0.3, -0.25) is 4.79 Å².